The van der Waals surface area contributed by atoms with E-state index in [4.69, 9.17) is 16.6 Å². The van der Waals surface area contributed by atoms with E-state index >= 15 is 0 Å². The molecule has 4 rings (SSSR count). The minimum Gasteiger partial charge on any atom is -0.383 e. The Hall–Kier alpha value is -3.87. The van der Waals surface area contributed by atoms with E-state index in [1.54, 1.807) is 10.7 Å². The van der Waals surface area contributed by atoms with Gasteiger partial charge in [-0.15, -0.1) is 0 Å². The van der Waals surface area contributed by atoms with E-state index in [0.717, 1.165) is 24.8 Å². The average molecular weight is 415 g/mol. The van der Waals surface area contributed by atoms with Crippen LogP contribution in [-0.4, -0.2) is 21.6 Å². The Morgan fingerprint density at radius 1 is 1.16 bits per heavy atom. The van der Waals surface area contributed by atoms with E-state index in [-0.39, 0.29) is 23.2 Å². The number of amides is 2. The summed E-state index contributed by atoms with van der Waals surface area (Å²) in [6.07, 6.45) is 3.80. The molecule has 3 aromatic rings. The molecule has 1 aliphatic carbocycles. The molecule has 2 amide bonds. The van der Waals surface area contributed by atoms with Gasteiger partial charge in [0.25, 0.3) is 5.91 Å². The molecule has 1 aromatic heterocycles. The third-order valence-electron chi connectivity index (χ3n) is 5.78. The number of nitrogens with zero attached hydrogens (tertiary/aromatic N) is 2. The quantitative estimate of drug-likeness (QED) is 0.537. The smallest absolute Gasteiger partial charge is 0.254 e. The number of carbonyl (C=O) groups excluding carboxylic acids is 2. The molecule has 0 unspecified atom stereocenters. The van der Waals surface area contributed by atoms with E-state index in [2.05, 4.69) is 24.0 Å². The average Bonchev–Trinajstić information content (AvgIpc) is 3.10. The van der Waals surface area contributed by atoms with Crippen molar-refractivity contribution in [2.75, 3.05) is 11.1 Å². The van der Waals surface area contributed by atoms with E-state index in [9.17, 15) is 9.59 Å². The standard InChI is InChI=1S/C24H25N5O2/c1-2-20(30)27-19-10-6-5-9-18(19)14-29-23(25)21(24(26)31)22(28-29)17-12-11-15-7-3-4-8-16(15)13-17/h2-10,17H,1,11-14,25H2,(H2,26,31)(H,27,30)/t17-/m0/s1. The molecule has 0 aliphatic heterocycles. The van der Waals surface area contributed by atoms with Gasteiger partial charge in [-0.1, -0.05) is 49.0 Å². The summed E-state index contributed by atoms with van der Waals surface area (Å²) in [6, 6.07) is 15.7. The first-order valence-corrected chi connectivity index (χ1v) is 10.2. The second-order valence-corrected chi connectivity index (χ2v) is 7.73. The number of hydrogen-bond acceptors (Lipinski definition) is 4. The second kappa shape index (κ2) is 8.47. The molecule has 0 bridgehead atoms. The van der Waals surface area contributed by atoms with Crippen molar-refractivity contribution in [1.82, 2.24) is 9.78 Å². The van der Waals surface area contributed by atoms with Gasteiger partial charge in [0.1, 0.15) is 11.4 Å². The fourth-order valence-electron chi connectivity index (χ4n) is 4.21. The lowest BCUT2D eigenvalue weighted by Crippen LogP contribution is -2.19. The molecule has 0 fully saturated rings. The number of benzene rings is 2. The molecule has 7 nitrogen and oxygen atoms in total. The summed E-state index contributed by atoms with van der Waals surface area (Å²) >= 11 is 0. The highest BCUT2D eigenvalue weighted by Gasteiger charge is 2.29. The number of aromatic nitrogens is 2. The molecule has 0 spiro atoms. The number of primary amides is 1. The Morgan fingerprint density at radius 2 is 1.87 bits per heavy atom. The number of aryl methyl sites for hydroxylation is 1. The Bertz CT molecular complexity index is 1160. The third kappa shape index (κ3) is 4.07. The lowest BCUT2D eigenvalue weighted by atomic mass is 9.81. The first-order chi connectivity index (χ1) is 15.0. The topological polar surface area (TPSA) is 116 Å². The van der Waals surface area contributed by atoms with Crippen LogP contribution < -0.4 is 16.8 Å². The van der Waals surface area contributed by atoms with Crippen LogP contribution in [0.4, 0.5) is 11.5 Å². The van der Waals surface area contributed by atoms with Crippen molar-refractivity contribution >= 4 is 23.3 Å². The fourth-order valence-corrected chi connectivity index (χ4v) is 4.21. The number of nitrogen functional groups attached to an aromatic ring is 1. The van der Waals surface area contributed by atoms with Crippen molar-refractivity contribution < 1.29 is 9.59 Å². The fraction of sp³-hybridized carbons (Fsp3) is 0.208. The van der Waals surface area contributed by atoms with Gasteiger partial charge >= 0.3 is 0 Å². The van der Waals surface area contributed by atoms with Gasteiger partial charge in [0.2, 0.25) is 5.91 Å². The van der Waals surface area contributed by atoms with Gasteiger partial charge in [0, 0.05) is 11.6 Å². The minimum absolute atomic E-state index is 0.0664. The van der Waals surface area contributed by atoms with Crippen molar-refractivity contribution in [1.29, 1.82) is 0 Å². The summed E-state index contributed by atoms with van der Waals surface area (Å²) in [7, 11) is 0. The highest BCUT2D eigenvalue weighted by Crippen LogP contribution is 2.35. The summed E-state index contributed by atoms with van der Waals surface area (Å²) in [5, 5.41) is 7.51. The number of rotatable bonds is 6. The number of carbonyl (C=O) groups is 2. The van der Waals surface area contributed by atoms with Crippen LogP contribution in [0.3, 0.4) is 0 Å². The largest absolute Gasteiger partial charge is 0.383 e. The van der Waals surface area contributed by atoms with Crippen molar-refractivity contribution in [2.24, 2.45) is 5.73 Å². The Kier molecular flexibility index (Phi) is 5.58. The summed E-state index contributed by atoms with van der Waals surface area (Å²) in [5.74, 6) is -0.575. The molecular weight excluding hydrogens is 390 g/mol. The van der Waals surface area contributed by atoms with Crippen LogP contribution in [0.25, 0.3) is 0 Å². The predicted octanol–water partition coefficient (Wildman–Crippen LogP) is 3.01. The maximum absolute atomic E-state index is 12.3. The van der Waals surface area contributed by atoms with Gasteiger partial charge in [-0.05, 0) is 48.1 Å². The monoisotopic (exact) mass is 415 g/mol. The van der Waals surface area contributed by atoms with E-state index in [0.29, 0.717) is 17.9 Å². The van der Waals surface area contributed by atoms with Gasteiger partial charge in [-0.3, -0.25) is 9.59 Å². The first kappa shape index (κ1) is 20.4. The molecule has 0 saturated heterocycles. The van der Waals surface area contributed by atoms with Gasteiger partial charge in [-0.2, -0.15) is 5.10 Å². The number of nitrogens with two attached hydrogens (primary N) is 2. The second-order valence-electron chi connectivity index (χ2n) is 7.73. The minimum atomic E-state index is -0.578. The van der Waals surface area contributed by atoms with Crippen LogP contribution in [0.2, 0.25) is 0 Å². The van der Waals surface area contributed by atoms with Crippen LogP contribution in [0.15, 0.2) is 61.2 Å². The third-order valence-corrected chi connectivity index (χ3v) is 5.78. The highest BCUT2D eigenvalue weighted by atomic mass is 16.1. The van der Waals surface area contributed by atoms with Gasteiger partial charge in [-0.25, -0.2) is 4.68 Å². The van der Waals surface area contributed by atoms with Crippen LogP contribution in [0.1, 0.15) is 45.1 Å². The zero-order chi connectivity index (χ0) is 22.0. The first-order valence-electron chi connectivity index (χ1n) is 10.2. The lowest BCUT2D eigenvalue weighted by molar-refractivity contribution is -0.111. The number of para-hydroxylation sites is 1. The molecule has 0 saturated carbocycles. The predicted molar refractivity (Wildman–Crippen MR) is 121 cm³/mol. The molecule has 7 heteroatoms. The Labute approximate surface area is 180 Å². The summed E-state index contributed by atoms with van der Waals surface area (Å²) in [5.41, 5.74) is 17.0. The van der Waals surface area contributed by atoms with Crippen LogP contribution in [0, 0.1) is 0 Å². The van der Waals surface area contributed by atoms with Crippen molar-refractivity contribution in [3.8, 4) is 0 Å². The van der Waals surface area contributed by atoms with E-state index < -0.39 is 5.91 Å². The van der Waals surface area contributed by atoms with Crippen molar-refractivity contribution in [2.45, 2.75) is 31.7 Å². The molecule has 1 atom stereocenters. The maximum atomic E-state index is 12.3. The molecule has 1 aliphatic rings. The number of hydrogen-bond donors (Lipinski definition) is 3. The number of anilines is 2. The van der Waals surface area contributed by atoms with E-state index in [1.807, 2.05) is 30.3 Å². The summed E-state index contributed by atoms with van der Waals surface area (Å²) < 4.78 is 1.59. The molecule has 5 N–H and O–H groups in total. The number of fused-ring (bicyclic) bond motifs is 1. The SMILES string of the molecule is C=CC(=O)Nc1ccccc1Cn1nc([C@H]2CCc3ccccc3C2)c(C(N)=O)c1N. The lowest BCUT2D eigenvalue weighted by Gasteiger charge is -2.23. The normalized spacial score (nSPS) is 15.2. The van der Waals surface area contributed by atoms with Crippen LogP contribution in [0.5, 0.6) is 0 Å². The van der Waals surface area contributed by atoms with Crippen LogP contribution >= 0.6 is 0 Å². The van der Waals surface area contributed by atoms with E-state index in [1.165, 1.54) is 17.2 Å². The zero-order valence-electron chi connectivity index (χ0n) is 17.2. The summed E-state index contributed by atoms with van der Waals surface area (Å²) in [4.78, 5) is 24.0. The molecule has 1 heterocycles. The molecule has 158 valence electrons. The van der Waals surface area contributed by atoms with Gasteiger partial charge in [0.05, 0.1) is 12.2 Å². The highest BCUT2D eigenvalue weighted by molar-refractivity contribution is 6.00. The van der Waals surface area contributed by atoms with Crippen molar-refractivity contribution in [3.63, 3.8) is 0 Å². The summed E-state index contributed by atoms with van der Waals surface area (Å²) in [6.45, 7) is 3.78. The molecule has 0 radical (unpaired) electrons. The van der Waals surface area contributed by atoms with Gasteiger partial charge < -0.3 is 16.8 Å². The Balaban J connectivity index is 1.68. The number of nitrogens with one attached hydrogen (secondary N) is 1. The van der Waals surface area contributed by atoms with Crippen molar-refractivity contribution in [3.05, 3.63) is 89.1 Å². The molecular formula is C24H25N5O2. The molecule has 31 heavy (non-hydrogen) atoms. The van der Waals surface area contributed by atoms with Crippen LogP contribution in [-0.2, 0) is 24.2 Å². The maximum Gasteiger partial charge on any atom is 0.254 e. The zero-order valence-corrected chi connectivity index (χ0v) is 17.2. The van der Waals surface area contributed by atoms with Gasteiger partial charge in [0.15, 0.2) is 0 Å². The Morgan fingerprint density at radius 3 is 2.61 bits per heavy atom. The molecule has 2 aromatic carbocycles.